The normalized spacial score (nSPS) is 14.7. The molecule has 0 fully saturated rings. The number of fused-ring (bicyclic) bond motifs is 4. The summed E-state index contributed by atoms with van der Waals surface area (Å²) in [6, 6.07) is 11.7. The van der Waals surface area contributed by atoms with Crippen molar-refractivity contribution in [2.45, 2.75) is 26.9 Å². The van der Waals surface area contributed by atoms with E-state index in [9.17, 15) is 14.7 Å². The van der Waals surface area contributed by atoms with Gasteiger partial charge in [-0.1, -0.05) is 42.0 Å². The summed E-state index contributed by atoms with van der Waals surface area (Å²) in [5.74, 6) is 0. The van der Waals surface area contributed by atoms with Crippen LogP contribution in [0, 0.1) is 20.8 Å². The zero-order valence-corrected chi connectivity index (χ0v) is 18.1. The quantitative estimate of drug-likeness (QED) is 0.520. The summed E-state index contributed by atoms with van der Waals surface area (Å²) in [6.45, 7) is 6.05. The molecule has 31 heavy (non-hydrogen) atoms. The van der Waals surface area contributed by atoms with Crippen molar-refractivity contribution in [3.8, 4) is 22.4 Å². The molecule has 6 heteroatoms. The van der Waals surface area contributed by atoms with Crippen LogP contribution >= 0.6 is 0 Å². The van der Waals surface area contributed by atoms with Crippen molar-refractivity contribution in [3.63, 3.8) is 0 Å². The maximum atomic E-state index is 13.4. The third-order valence-corrected chi connectivity index (χ3v) is 6.34. The Morgan fingerprint density at radius 3 is 2.26 bits per heavy atom. The van der Waals surface area contributed by atoms with Gasteiger partial charge in [0, 0.05) is 30.8 Å². The van der Waals surface area contributed by atoms with Crippen LogP contribution in [0.4, 0.5) is 0 Å². The second kappa shape index (κ2) is 6.49. The molecule has 2 aromatic carbocycles. The average Bonchev–Trinajstić information content (AvgIpc) is 3.02. The molecule has 2 heterocycles. The molecule has 0 saturated heterocycles. The molecule has 0 spiro atoms. The molecular formula is C25H23N3O3. The lowest BCUT2D eigenvalue weighted by Crippen LogP contribution is -2.37. The van der Waals surface area contributed by atoms with Gasteiger partial charge in [0.05, 0.1) is 11.1 Å². The Labute approximate surface area is 179 Å². The smallest absolute Gasteiger partial charge is 0.332 e. The second-order valence-electron chi connectivity index (χ2n) is 8.42. The maximum absolute atomic E-state index is 13.4. The van der Waals surface area contributed by atoms with Gasteiger partial charge in [-0.2, -0.15) is 0 Å². The molecule has 1 atom stereocenters. The molecule has 1 aliphatic carbocycles. The molecule has 6 nitrogen and oxygen atoms in total. The SMILES string of the molecule is Cc1cc(C)c(-c2c3c(nc4c2c(=O)n(C)c(=O)n4C)-c2ccccc2[C@@H]3O)c(C)c1. The predicted molar refractivity (Wildman–Crippen MR) is 121 cm³/mol. The van der Waals surface area contributed by atoms with Crippen molar-refractivity contribution in [1.82, 2.24) is 14.1 Å². The van der Waals surface area contributed by atoms with E-state index in [0.717, 1.165) is 37.9 Å². The van der Waals surface area contributed by atoms with E-state index < -0.39 is 17.4 Å². The number of nitrogens with zero attached hydrogens (tertiary/aromatic N) is 3. The molecule has 4 aromatic rings. The lowest BCUT2D eigenvalue weighted by molar-refractivity contribution is 0.225. The Kier molecular flexibility index (Phi) is 4.07. The highest BCUT2D eigenvalue weighted by Crippen LogP contribution is 2.49. The van der Waals surface area contributed by atoms with Crippen LogP contribution in [0.2, 0.25) is 0 Å². The van der Waals surface area contributed by atoms with Crippen molar-refractivity contribution in [2.75, 3.05) is 0 Å². The van der Waals surface area contributed by atoms with Crippen LogP contribution in [-0.2, 0) is 14.1 Å². The molecule has 0 amide bonds. The predicted octanol–water partition coefficient (Wildman–Crippen LogP) is 3.29. The van der Waals surface area contributed by atoms with E-state index in [1.54, 1.807) is 7.05 Å². The van der Waals surface area contributed by atoms with Crippen LogP contribution < -0.4 is 11.2 Å². The third-order valence-electron chi connectivity index (χ3n) is 6.34. The second-order valence-corrected chi connectivity index (χ2v) is 8.42. The Morgan fingerprint density at radius 1 is 0.935 bits per heavy atom. The summed E-state index contributed by atoms with van der Waals surface area (Å²) in [6.07, 6.45) is -0.903. The minimum Gasteiger partial charge on any atom is -0.384 e. The largest absolute Gasteiger partial charge is 0.384 e. The minimum absolute atomic E-state index is 0.324. The Hall–Kier alpha value is -3.51. The van der Waals surface area contributed by atoms with Crippen LogP contribution in [0.5, 0.6) is 0 Å². The standard InChI is InChI=1S/C25H23N3O3/c1-12-10-13(2)17(14(3)11-12)18-19-21(15-8-6-7-9-16(15)22(19)29)26-23-20(18)24(30)28(5)25(31)27(23)4/h6-11,22,29H,1-5H3/t22-/m0/s1. The number of rotatable bonds is 1. The number of aromatic nitrogens is 3. The van der Waals surface area contributed by atoms with Gasteiger partial charge in [-0.05, 0) is 43.0 Å². The molecule has 0 bridgehead atoms. The molecule has 0 aliphatic heterocycles. The van der Waals surface area contributed by atoms with Crippen molar-refractivity contribution >= 4 is 11.0 Å². The molecule has 1 aliphatic rings. The average molecular weight is 413 g/mol. The first-order valence-corrected chi connectivity index (χ1v) is 10.2. The van der Waals surface area contributed by atoms with E-state index in [2.05, 4.69) is 12.1 Å². The zero-order chi connectivity index (χ0) is 22.2. The summed E-state index contributed by atoms with van der Waals surface area (Å²) in [5, 5.41) is 11.7. The van der Waals surface area contributed by atoms with Gasteiger partial charge in [-0.25, -0.2) is 9.78 Å². The van der Waals surface area contributed by atoms with Gasteiger partial charge in [0.15, 0.2) is 5.65 Å². The van der Waals surface area contributed by atoms with Gasteiger partial charge in [0.25, 0.3) is 5.56 Å². The minimum atomic E-state index is -0.903. The number of aryl methyl sites for hydroxylation is 4. The first-order valence-electron chi connectivity index (χ1n) is 10.2. The summed E-state index contributed by atoms with van der Waals surface area (Å²) >= 11 is 0. The molecule has 0 saturated carbocycles. The number of aliphatic hydroxyl groups is 1. The van der Waals surface area contributed by atoms with Gasteiger partial charge in [-0.3, -0.25) is 13.9 Å². The van der Waals surface area contributed by atoms with Gasteiger partial charge in [-0.15, -0.1) is 0 Å². The topological polar surface area (TPSA) is 77.1 Å². The molecule has 0 unspecified atom stereocenters. The van der Waals surface area contributed by atoms with Crippen LogP contribution in [0.15, 0.2) is 46.0 Å². The van der Waals surface area contributed by atoms with Crippen molar-refractivity contribution in [1.29, 1.82) is 0 Å². The molecule has 0 radical (unpaired) electrons. The molecule has 156 valence electrons. The van der Waals surface area contributed by atoms with Gasteiger partial charge in [0.1, 0.15) is 6.10 Å². The lowest BCUT2D eigenvalue weighted by Gasteiger charge is -2.20. The highest BCUT2D eigenvalue weighted by molar-refractivity contribution is 6.01. The Bertz CT molecular complexity index is 1520. The zero-order valence-electron chi connectivity index (χ0n) is 18.1. The van der Waals surface area contributed by atoms with E-state index in [4.69, 9.17) is 4.98 Å². The monoisotopic (exact) mass is 413 g/mol. The highest BCUT2D eigenvalue weighted by atomic mass is 16.3. The van der Waals surface area contributed by atoms with Crippen LogP contribution in [0.1, 0.15) is 33.9 Å². The van der Waals surface area contributed by atoms with Gasteiger partial charge < -0.3 is 5.11 Å². The van der Waals surface area contributed by atoms with Crippen molar-refractivity contribution in [2.24, 2.45) is 14.1 Å². The fourth-order valence-corrected chi connectivity index (χ4v) is 5.01. The fourth-order valence-electron chi connectivity index (χ4n) is 5.01. The van der Waals surface area contributed by atoms with E-state index in [1.165, 1.54) is 11.6 Å². The summed E-state index contributed by atoms with van der Waals surface area (Å²) in [5.41, 5.74) is 7.00. The van der Waals surface area contributed by atoms with Crippen molar-refractivity contribution < 1.29 is 5.11 Å². The third kappa shape index (κ3) is 2.51. The van der Waals surface area contributed by atoms with E-state index in [-0.39, 0.29) is 0 Å². The summed E-state index contributed by atoms with van der Waals surface area (Å²) < 4.78 is 2.51. The molecule has 2 aromatic heterocycles. The number of aliphatic hydroxyl groups excluding tert-OH is 1. The Morgan fingerprint density at radius 2 is 1.58 bits per heavy atom. The van der Waals surface area contributed by atoms with Crippen LogP contribution in [0.3, 0.4) is 0 Å². The van der Waals surface area contributed by atoms with E-state index in [1.807, 2.05) is 45.0 Å². The van der Waals surface area contributed by atoms with Crippen LogP contribution in [-0.4, -0.2) is 19.2 Å². The molecule has 1 N–H and O–H groups in total. The number of pyridine rings is 1. The lowest BCUT2D eigenvalue weighted by atomic mass is 9.88. The van der Waals surface area contributed by atoms with Crippen LogP contribution in [0.25, 0.3) is 33.4 Å². The Balaban J connectivity index is 2.10. The van der Waals surface area contributed by atoms with Crippen molar-refractivity contribution in [3.05, 3.63) is 85.1 Å². The maximum Gasteiger partial charge on any atom is 0.332 e. The first-order chi connectivity index (χ1) is 14.7. The summed E-state index contributed by atoms with van der Waals surface area (Å²) in [4.78, 5) is 30.8. The molecular weight excluding hydrogens is 390 g/mol. The van der Waals surface area contributed by atoms with Gasteiger partial charge in [0.2, 0.25) is 0 Å². The van der Waals surface area contributed by atoms with Gasteiger partial charge >= 0.3 is 5.69 Å². The number of benzene rings is 2. The van der Waals surface area contributed by atoms with E-state index in [0.29, 0.717) is 27.9 Å². The molecule has 5 rings (SSSR count). The van der Waals surface area contributed by atoms with E-state index >= 15 is 0 Å². The highest BCUT2D eigenvalue weighted by Gasteiger charge is 2.35. The number of hydrogen-bond donors (Lipinski definition) is 1. The first kappa shape index (κ1) is 19.5. The number of hydrogen-bond acceptors (Lipinski definition) is 4. The summed E-state index contributed by atoms with van der Waals surface area (Å²) in [7, 11) is 3.10. The fraction of sp³-hybridized carbons (Fsp3) is 0.240.